The van der Waals surface area contributed by atoms with Gasteiger partial charge in [-0.2, -0.15) is 18.2 Å². The van der Waals surface area contributed by atoms with E-state index in [4.69, 9.17) is 4.52 Å². The Hall–Kier alpha value is -1.11. The van der Waals surface area contributed by atoms with Crippen molar-refractivity contribution in [1.82, 2.24) is 10.1 Å². The van der Waals surface area contributed by atoms with Gasteiger partial charge in [0, 0.05) is 6.42 Å². The number of aliphatic hydroxyl groups is 1. The molecule has 1 aromatic rings. The zero-order chi connectivity index (χ0) is 13.9. The van der Waals surface area contributed by atoms with E-state index in [0.717, 1.165) is 0 Å². The quantitative estimate of drug-likeness (QED) is 0.890. The van der Waals surface area contributed by atoms with Crippen LogP contribution in [-0.2, 0) is 6.42 Å². The minimum atomic E-state index is -4.23. The standard InChI is InChI=1S/C11H17F3N2O2/c1-6(2)9(7(3)17)10-15-8(16-18-10)4-5-11(12,13)14/h6-7,9,17H,4-5H2,1-3H3. The fourth-order valence-corrected chi connectivity index (χ4v) is 1.81. The van der Waals surface area contributed by atoms with E-state index in [0.29, 0.717) is 0 Å². The molecule has 0 aromatic carbocycles. The largest absolute Gasteiger partial charge is 0.393 e. The number of aryl methyl sites for hydroxylation is 1. The highest BCUT2D eigenvalue weighted by molar-refractivity contribution is 4.98. The minimum Gasteiger partial charge on any atom is -0.393 e. The van der Waals surface area contributed by atoms with Crippen LogP contribution in [0.15, 0.2) is 4.52 Å². The van der Waals surface area contributed by atoms with Gasteiger partial charge in [0.05, 0.1) is 18.4 Å². The molecule has 7 heteroatoms. The summed E-state index contributed by atoms with van der Waals surface area (Å²) in [6, 6.07) is 0. The molecule has 1 heterocycles. The molecule has 0 spiro atoms. The zero-order valence-corrected chi connectivity index (χ0v) is 10.5. The molecule has 1 rings (SSSR count). The van der Waals surface area contributed by atoms with E-state index in [2.05, 4.69) is 10.1 Å². The summed E-state index contributed by atoms with van der Waals surface area (Å²) in [7, 11) is 0. The molecule has 0 aliphatic rings. The SMILES string of the molecule is CC(C)C(c1nc(CCC(F)(F)F)no1)C(C)O. The van der Waals surface area contributed by atoms with E-state index < -0.39 is 18.7 Å². The average Bonchev–Trinajstić information content (AvgIpc) is 2.61. The first-order valence-corrected chi connectivity index (χ1v) is 5.78. The molecule has 0 aliphatic heterocycles. The van der Waals surface area contributed by atoms with Gasteiger partial charge in [-0.25, -0.2) is 0 Å². The van der Waals surface area contributed by atoms with Gasteiger partial charge in [-0.05, 0) is 12.8 Å². The number of aromatic nitrogens is 2. The molecule has 2 atom stereocenters. The summed E-state index contributed by atoms with van der Waals surface area (Å²) in [5, 5.41) is 13.1. The molecule has 18 heavy (non-hydrogen) atoms. The highest BCUT2D eigenvalue weighted by atomic mass is 19.4. The summed E-state index contributed by atoms with van der Waals surface area (Å²) in [6.45, 7) is 5.33. The Morgan fingerprint density at radius 1 is 1.28 bits per heavy atom. The van der Waals surface area contributed by atoms with E-state index in [-0.39, 0.29) is 30.0 Å². The first kappa shape index (κ1) is 14.9. The molecule has 0 saturated carbocycles. The van der Waals surface area contributed by atoms with Crippen molar-refractivity contribution in [3.8, 4) is 0 Å². The maximum absolute atomic E-state index is 12.0. The van der Waals surface area contributed by atoms with Crippen LogP contribution in [0.1, 0.15) is 44.8 Å². The normalized spacial score (nSPS) is 16.0. The van der Waals surface area contributed by atoms with Gasteiger partial charge in [-0.1, -0.05) is 19.0 Å². The molecule has 4 nitrogen and oxygen atoms in total. The number of nitrogens with zero attached hydrogens (tertiary/aromatic N) is 2. The number of hydrogen-bond donors (Lipinski definition) is 1. The summed E-state index contributed by atoms with van der Waals surface area (Å²) in [5.74, 6) is -0.0937. The second-order valence-electron chi connectivity index (χ2n) is 4.67. The van der Waals surface area contributed by atoms with E-state index >= 15 is 0 Å². The van der Waals surface area contributed by atoms with Gasteiger partial charge in [-0.3, -0.25) is 0 Å². The van der Waals surface area contributed by atoms with Gasteiger partial charge in [0.2, 0.25) is 5.89 Å². The Morgan fingerprint density at radius 3 is 2.33 bits per heavy atom. The third-order valence-electron chi connectivity index (χ3n) is 2.64. The summed E-state index contributed by atoms with van der Waals surface area (Å²) in [5.41, 5.74) is 0. The van der Waals surface area contributed by atoms with Gasteiger partial charge in [-0.15, -0.1) is 0 Å². The van der Waals surface area contributed by atoms with Crippen molar-refractivity contribution in [2.75, 3.05) is 0 Å². The van der Waals surface area contributed by atoms with E-state index in [1.807, 2.05) is 13.8 Å². The van der Waals surface area contributed by atoms with Gasteiger partial charge >= 0.3 is 6.18 Å². The summed E-state index contributed by atoms with van der Waals surface area (Å²) in [4.78, 5) is 3.92. The monoisotopic (exact) mass is 266 g/mol. The van der Waals surface area contributed by atoms with E-state index in [9.17, 15) is 18.3 Å². The number of halogens is 3. The van der Waals surface area contributed by atoms with Gasteiger partial charge < -0.3 is 9.63 Å². The van der Waals surface area contributed by atoms with Crippen molar-refractivity contribution < 1.29 is 22.8 Å². The van der Waals surface area contributed by atoms with Crippen LogP contribution in [0.3, 0.4) is 0 Å². The van der Waals surface area contributed by atoms with Crippen LogP contribution >= 0.6 is 0 Å². The lowest BCUT2D eigenvalue weighted by Gasteiger charge is -2.19. The molecule has 0 saturated heterocycles. The molecule has 0 radical (unpaired) electrons. The summed E-state index contributed by atoms with van der Waals surface area (Å²) < 4.78 is 41.0. The lowest BCUT2D eigenvalue weighted by molar-refractivity contribution is -0.134. The third-order valence-corrected chi connectivity index (χ3v) is 2.64. The Balaban J connectivity index is 2.73. The Kier molecular flexibility index (Phi) is 4.72. The molecular formula is C11H17F3N2O2. The molecule has 0 fully saturated rings. The molecule has 1 N–H and O–H groups in total. The molecule has 0 aliphatic carbocycles. The lowest BCUT2D eigenvalue weighted by Crippen LogP contribution is -2.20. The fourth-order valence-electron chi connectivity index (χ4n) is 1.81. The first-order chi connectivity index (χ1) is 8.20. The van der Waals surface area contributed by atoms with Crippen molar-refractivity contribution in [3.05, 3.63) is 11.7 Å². The van der Waals surface area contributed by atoms with Crippen molar-refractivity contribution >= 4 is 0 Å². The van der Waals surface area contributed by atoms with E-state index in [1.165, 1.54) is 0 Å². The molecule has 104 valence electrons. The summed E-state index contributed by atoms with van der Waals surface area (Å²) >= 11 is 0. The van der Waals surface area contributed by atoms with Crippen LogP contribution in [0, 0.1) is 5.92 Å². The van der Waals surface area contributed by atoms with Crippen LogP contribution in [-0.4, -0.2) is 27.5 Å². The van der Waals surface area contributed by atoms with Crippen LogP contribution in [0.5, 0.6) is 0 Å². The smallest absolute Gasteiger partial charge is 0.389 e. The highest BCUT2D eigenvalue weighted by Gasteiger charge is 2.30. The first-order valence-electron chi connectivity index (χ1n) is 5.78. The van der Waals surface area contributed by atoms with Crippen molar-refractivity contribution in [1.29, 1.82) is 0 Å². The van der Waals surface area contributed by atoms with Crippen LogP contribution < -0.4 is 0 Å². The molecular weight excluding hydrogens is 249 g/mol. The van der Waals surface area contributed by atoms with Crippen molar-refractivity contribution in [2.24, 2.45) is 5.92 Å². The third kappa shape index (κ3) is 4.29. The Morgan fingerprint density at radius 2 is 1.89 bits per heavy atom. The maximum atomic E-state index is 12.0. The molecule has 1 aromatic heterocycles. The van der Waals surface area contributed by atoms with Crippen molar-refractivity contribution in [2.45, 2.75) is 51.8 Å². The number of aliphatic hydroxyl groups excluding tert-OH is 1. The predicted octanol–water partition coefficient (Wildman–Crippen LogP) is 2.68. The molecule has 0 amide bonds. The zero-order valence-electron chi connectivity index (χ0n) is 10.5. The van der Waals surface area contributed by atoms with Gasteiger partial charge in [0.15, 0.2) is 5.82 Å². The lowest BCUT2D eigenvalue weighted by atomic mass is 9.91. The molecule has 2 unspecified atom stereocenters. The van der Waals surface area contributed by atoms with Crippen molar-refractivity contribution in [3.63, 3.8) is 0 Å². The fraction of sp³-hybridized carbons (Fsp3) is 0.818. The summed E-state index contributed by atoms with van der Waals surface area (Å²) in [6.07, 6.45) is -6.21. The second kappa shape index (κ2) is 5.69. The second-order valence-corrected chi connectivity index (χ2v) is 4.67. The highest BCUT2D eigenvalue weighted by Crippen LogP contribution is 2.27. The Bertz CT molecular complexity index is 367. The number of hydrogen-bond acceptors (Lipinski definition) is 4. The van der Waals surface area contributed by atoms with E-state index in [1.54, 1.807) is 6.92 Å². The topological polar surface area (TPSA) is 59.2 Å². The maximum Gasteiger partial charge on any atom is 0.389 e. The Labute approximate surface area is 103 Å². The van der Waals surface area contributed by atoms with Gasteiger partial charge in [0.25, 0.3) is 0 Å². The predicted molar refractivity (Wildman–Crippen MR) is 57.9 cm³/mol. The van der Waals surface area contributed by atoms with Crippen LogP contribution in [0.25, 0.3) is 0 Å². The van der Waals surface area contributed by atoms with Crippen LogP contribution in [0.2, 0.25) is 0 Å². The molecule has 0 bridgehead atoms. The van der Waals surface area contributed by atoms with Crippen LogP contribution in [0.4, 0.5) is 13.2 Å². The number of alkyl halides is 3. The minimum absolute atomic E-state index is 0.0219. The average molecular weight is 266 g/mol. The number of rotatable bonds is 5. The van der Waals surface area contributed by atoms with Gasteiger partial charge in [0.1, 0.15) is 0 Å².